The van der Waals surface area contributed by atoms with Gasteiger partial charge in [0.25, 0.3) is 0 Å². The third-order valence-corrected chi connectivity index (χ3v) is 5.58. The minimum absolute atomic E-state index is 0.132. The molecule has 2 aliphatic heterocycles. The van der Waals surface area contributed by atoms with Crippen molar-refractivity contribution in [2.75, 3.05) is 13.1 Å². The van der Waals surface area contributed by atoms with Crippen molar-refractivity contribution in [2.24, 2.45) is 4.99 Å². The van der Waals surface area contributed by atoms with E-state index >= 15 is 0 Å². The Hall–Kier alpha value is -1.33. The van der Waals surface area contributed by atoms with Gasteiger partial charge in [-0.1, -0.05) is 23.9 Å². The zero-order chi connectivity index (χ0) is 13.0. The van der Waals surface area contributed by atoms with E-state index in [-0.39, 0.29) is 5.82 Å². The summed E-state index contributed by atoms with van der Waals surface area (Å²) in [7, 11) is 0. The van der Waals surface area contributed by atoms with Crippen molar-refractivity contribution in [3.63, 3.8) is 0 Å². The van der Waals surface area contributed by atoms with E-state index in [0.29, 0.717) is 0 Å². The van der Waals surface area contributed by atoms with E-state index in [9.17, 15) is 4.39 Å². The summed E-state index contributed by atoms with van der Waals surface area (Å²) in [4.78, 5) is 9.13. The van der Waals surface area contributed by atoms with E-state index < -0.39 is 0 Å². The first-order valence-electron chi connectivity index (χ1n) is 6.13. The lowest BCUT2D eigenvalue weighted by atomic mass is 10.2. The maximum Gasteiger partial charge on any atom is 0.168 e. The summed E-state index contributed by atoms with van der Waals surface area (Å²) in [6.45, 7) is 3.91. The largest absolute Gasteiger partial charge is 0.317 e. The summed E-state index contributed by atoms with van der Waals surface area (Å²) in [6, 6.07) is 7.34. The Bertz CT molecular complexity index is 745. The van der Waals surface area contributed by atoms with Crippen LogP contribution in [-0.2, 0) is 0 Å². The maximum atomic E-state index is 13.8. The second kappa shape index (κ2) is 4.08. The number of hydrogen-bond acceptors (Lipinski definition) is 4. The molecule has 0 amide bonds. The first-order valence-corrected chi connectivity index (χ1v) is 7.76. The van der Waals surface area contributed by atoms with E-state index in [1.807, 2.05) is 6.07 Å². The molecule has 0 bridgehead atoms. The van der Waals surface area contributed by atoms with Crippen LogP contribution in [-0.4, -0.2) is 23.2 Å². The summed E-state index contributed by atoms with van der Waals surface area (Å²) >= 11 is 3.25. The molecule has 0 saturated carbocycles. The Kier molecular flexibility index (Phi) is 2.47. The molecule has 0 N–H and O–H groups in total. The molecule has 96 valence electrons. The highest BCUT2D eigenvalue weighted by Crippen LogP contribution is 2.44. The SMILES string of the molecule is CC1=C(c2cc3cccc(F)c3s2)N2CCN=C2S1. The van der Waals surface area contributed by atoms with E-state index in [4.69, 9.17) is 0 Å². The predicted octanol–water partition coefficient (Wildman–Crippen LogP) is 4.15. The van der Waals surface area contributed by atoms with Gasteiger partial charge in [-0.3, -0.25) is 4.99 Å². The molecule has 0 spiro atoms. The van der Waals surface area contributed by atoms with Crippen molar-refractivity contribution >= 4 is 44.0 Å². The van der Waals surface area contributed by atoms with Gasteiger partial charge in [-0.2, -0.15) is 0 Å². The van der Waals surface area contributed by atoms with Crippen molar-refractivity contribution in [3.05, 3.63) is 39.9 Å². The molecule has 2 aliphatic rings. The lowest BCUT2D eigenvalue weighted by Crippen LogP contribution is -2.19. The maximum absolute atomic E-state index is 13.8. The molecule has 0 atom stereocenters. The van der Waals surface area contributed by atoms with Crippen LogP contribution in [0.2, 0.25) is 0 Å². The molecule has 5 heteroatoms. The standard InChI is InChI=1S/C14H11FN2S2/c1-8-12(17-6-5-16-14(17)18-8)11-7-9-3-2-4-10(15)13(9)19-11/h2-4,7H,5-6H2,1H3. The van der Waals surface area contributed by atoms with E-state index in [1.165, 1.54) is 28.0 Å². The Balaban J connectivity index is 1.89. The van der Waals surface area contributed by atoms with E-state index in [2.05, 4.69) is 22.9 Å². The normalized spacial score (nSPS) is 18.4. The van der Waals surface area contributed by atoms with Crippen molar-refractivity contribution in [2.45, 2.75) is 6.92 Å². The van der Waals surface area contributed by atoms with Crippen molar-refractivity contribution in [1.29, 1.82) is 0 Å². The lowest BCUT2D eigenvalue weighted by molar-refractivity contribution is 0.642. The predicted molar refractivity (Wildman–Crippen MR) is 81.0 cm³/mol. The number of nitrogens with zero attached hydrogens (tertiary/aromatic N) is 2. The van der Waals surface area contributed by atoms with Crippen LogP contribution in [0.4, 0.5) is 4.39 Å². The van der Waals surface area contributed by atoms with E-state index in [0.717, 1.165) is 33.2 Å². The number of thioether (sulfide) groups is 1. The molecular weight excluding hydrogens is 279 g/mol. The molecule has 1 aromatic heterocycles. The minimum Gasteiger partial charge on any atom is -0.317 e. The fraction of sp³-hybridized carbons (Fsp3) is 0.214. The second-order valence-corrected chi connectivity index (χ2v) is 6.83. The third kappa shape index (κ3) is 1.65. The smallest absolute Gasteiger partial charge is 0.168 e. The van der Waals surface area contributed by atoms with Gasteiger partial charge in [0.1, 0.15) is 5.82 Å². The molecule has 2 aromatic rings. The Morgan fingerprint density at radius 2 is 2.26 bits per heavy atom. The van der Waals surface area contributed by atoms with Gasteiger partial charge in [0.2, 0.25) is 0 Å². The van der Waals surface area contributed by atoms with Crippen molar-refractivity contribution in [3.8, 4) is 0 Å². The molecule has 1 aromatic carbocycles. The van der Waals surface area contributed by atoms with Crippen LogP contribution < -0.4 is 0 Å². The van der Waals surface area contributed by atoms with Gasteiger partial charge < -0.3 is 4.90 Å². The number of hydrogen-bond donors (Lipinski definition) is 0. The number of aliphatic imine (C=N–C) groups is 1. The molecule has 4 rings (SSSR count). The van der Waals surface area contributed by atoms with Crippen LogP contribution in [0.1, 0.15) is 11.8 Å². The number of thiophene rings is 1. The minimum atomic E-state index is -0.132. The van der Waals surface area contributed by atoms with Crippen LogP contribution in [0.25, 0.3) is 15.8 Å². The molecule has 3 heterocycles. The fourth-order valence-electron chi connectivity index (χ4n) is 2.55. The highest BCUT2D eigenvalue weighted by molar-refractivity contribution is 8.17. The first-order chi connectivity index (χ1) is 9.24. The summed E-state index contributed by atoms with van der Waals surface area (Å²) in [6.07, 6.45) is 0. The fourth-order valence-corrected chi connectivity index (χ4v) is 4.83. The second-order valence-electron chi connectivity index (χ2n) is 4.59. The molecule has 0 saturated heterocycles. The average molecular weight is 290 g/mol. The Morgan fingerprint density at radius 1 is 1.37 bits per heavy atom. The average Bonchev–Trinajstić information content (AvgIpc) is 3.02. The number of benzene rings is 1. The quantitative estimate of drug-likeness (QED) is 0.784. The zero-order valence-electron chi connectivity index (χ0n) is 10.3. The topological polar surface area (TPSA) is 15.6 Å². The summed E-state index contributed by atoms with van der Waals surface area (Å²) in [5.41, 5.74) is 1.21. The highest BCUT2D eigenvalue weighted by atomic mass is 32.2. The van der Waals surface area contributed by atoms with Crippen LogP contribution in [0.15, 0.2) is 34.2 Å². The van der Waals surface area contributed by atoms with Gasteiger partial charge in [0, 0.05) is 11.4 Å². The first kappa shape index (κ1) is 11.5. The number of amidine groups is 1. The van der Waals surface area contributed by atoms with Gasteiger partial charge in [0.05, 0.1) is 21.8 Å². The third-order valence-electron chi connectivity index (χ3n) is 3.38. The van der Waals surface area contributed by atoms with Gasteiger partial charge in [-0.15, -0.1) is 11.3 Å². The van der Waals surface area contributed by atoms with Gasteiger partial charge in [-0.05, 0) is 24.4 Å². The van der Waals surface area contributed by atoms with Crippen LogP contribution >= 0.6 is 23.1 Å². The van der Waals surface area contributed by atoms with Gasteiger partial charge in [-0.25, -0.2) is 4.39 Å². The van der Waals surface area contributed by atoms with Gasteiger partial charge >= 0.3 is 0 Å². The van der Waals surface area contributed by atoms with Crippen LogP contribution in [0.5, 0.6) is 0 Å². The van der Waals surface area contributed by atoms with Crippen molar-refractivity contribution < 1.29 is 4.39 Å². The molecule has 19 heavy (non-hydrogen) atoms. The summed E-state index contributed by atoms with van der Waals surface area (Å²) < 4.78 is 14.5. The van der Waals surface area contributed by atoms with E-state index in [1.54, 1.807) is 17.8 Å². The number of allylic oxidation sites excluding steroid dienone is 1. The number of rotatable bonds is 1. The molecule has 0 radical (unpaired) electrons. The number of fused-ring (bicyclic) bond motifs is 2. The molecule has 2 nitrogen and oxygen atoms in total. The molecular formula is C14H11FN2S2. The summed E-state index contributed by atoms with van der Waals surface area (Å²) in [5, 5.41) is 2.07. The van der Waals surface area contributed by atoms with Gasteiger partial charge in [0.15, 0.2) is 5.17 Å². The summed E-state index contributed by atoms with van der Waals surface area (Å²) in [5.74, 6) is -0.132. The van der Waals surface area contributed by atoms with Crippen molar-refractivity contribution in [1.82, 2.24) is 4.90 Å². The Morgan fingerprint density at radius 3 is 3.11 bits per heavy atom. The lowest BCUT2D eigenvalue weighted by Gasteiger charge is -2.15. The number of halogens is 1. The Labute approximate surface area is 118 Å². The van der Waals surface area contributed by atoms with Crippen LogP contribution in [0, 0.1) is 5.82 Å². The monoisotopic (exact) mass is 290 g/mol. The zero-order valence-corrected chi connectivity index (χ0v) is 11.9. The molecule has 0 fully saturated rings. The van der Waals surface area contributed by atoms with Crippen LogP contribution in [0.3, 0.4) is 0 Å². The highest BCUT2D eigenvalue weighted by Gasteiger charge is 2.31. The molecule has 0 unspecified atom stereocenters. The molecule has 0 aliphatic carbocycles.